The van der Waals surface area contributed by atoms with Gasteiger partial charge < -0.3 is 0 Å². The fraction of sp³-hybridized carbons (Fsp3) is 0.0833. The summed E-state index contributed by atoms with van der Waals surface area (Å²) >= 11 is 5.95. The first-order valence-electron chi connectivity index (χ1n) is 5.23. The van der Waals surface area contributed by atoms with Crippen LogP contribution in [-0.4, -0.2) is 29.7 Å². The summed E-state index contributed by atoms with van der Waals surface area (Å²) in [6, 6.07) is 8.92. The molecule has 1 saturated heterocycles. The van der Waals surface area contributed by atoms with Crippen molar-refractivity contribution in [3.8, 4) is 0 Å². The van der Waals surface area contributed by atoms with E-state index in [9.17, 15) is 9.59 Å². The second-order valence-electron chi connectivity index (χ2n) is 3.60. The van der Waals surface area contributed by atoms with Gasteiger partial charge in [0.15, 0.2) is 0 Å². The average Bonchev–Trinajstić information content (AvgIpc) is 2.66. The number of nitrogens with zero attached hydrogens (tertiary/aromatic N) is 2. The lowest BCUT2D eigenvalue weighted by Gasteiger charge is -2.03. The minimum Gasteiger partial charge on any atom is -0.275 e. The van der Waals surface area contributed by atoms with E-state index >= 15 is 0 Å². The van der Waals surface area contributed by atoms with Crippen LogP contribution >= 0.6 is 11.6 Å². The van der Waals surface area contributed by atoms with Gasteiger partial charge in [-0.1, -0.05) is 41.9 Å². The standard InChI is InChI=1S/C12H10ClN3O2/c13-10(6-9-4-2-1-3-5-9)7-14-16-8-11(17)15-12(16)18/h1-7H,8H2,(H,15,17,18)/b10-6-,14-7-. The zero-order valence-corrected chi connectivity index (χ0v) is 10.1. The summed E-state index contributed by atoms with van der Waals surface area (Å²) in [5, 5.41) is 7.32. The molecule has 2 rings (SSSR count). The van der Waals surface area contributed by atoms with Gasteiger partial charge in [0.1, 0.15) is 6.54 Å². The summed E-state index contributed by atoms with van der Waals surface area (Å²) in [7, 11) is 0. The summed E-state index contributed by atoms with van der Waals surface area (Å²) in [6.07, 6.45) is 3.04. The minimum atomic E-state index is -0.541. The quantitative estimate of drug-likeness (QED) is 0.668. The first kappa shape index (κ1) is 12.3. The zero-order chi connectivity index (χ0) is 13.0. The number of rotatable bonds is 3. The van der Waals surface area contributed by atoms with Crippen LogP contribution in [0.15, 0.2) is 40.5 Å². The fourth-order valence-corrected chi connectivity index (χ4v) is 1.56. The zero-order valence-electron chi connectivity index (χ0n) is 9.34. The number of amides is 3. The van der Waals surface area contributed by atoms with Crippen molar-refractivity contribution in [1.82, 2.24) is 10.3 Å². The van der Waals surface area contributed by atoms with E-state index in [1.165, 1.54) is 6.21 Å². The number of halogens is 1. The molecule has 0 saturated carbocycles. The van der Waals surface area contributed by atoms with Gasteiger partial charge in [-0.05, 0) is 11.6 Å². The predicted molar refractivity (Wildman–Crippen MR) is 69.0 cm³/mol. The van der Waals surface area contributed by atoms with E-state index in [0.29, 0.717) is 5.03 Å². The molecule has 0 bridgehead atoms. The van der Waals surface area contributed by atoms with E-state index in [-0.39, 0.29) is 12.5 Å². The normalized spacial score (nSPS) is 16.5. The van der Waals surface area contributed by atoms with Gasteiger partial charge in [0, 0.05) is 0 Å². The molecule has 1 aliphatic heterocycles. The molecule has 1 heterocycles. The molecule has 18 heavy (non-hydrogen) atoms. The Morgan fingerprint density at radius 2 is 2.06 bits per heavy atom. The molecular weight excluding hydrogens is 254 g/mol. The highest BCUT2D eigenvalue weighted by Gasteiger charge is 2.25. The maximum atomic E-state index is 11.2. The van der Waals surface area contributed by atoms with E-state index in [1.807, 2.05) is 30.3 Å². The van der Waals surface area contributed by atoms with E-state index in [2.05, 4.69) is 10.4 Å². The fourth-order valence-electron chi connectivity index (χ4n) is 1.40. The number of hydrogen-bond acceptors (Lipinski definition) is 3. The van der Waals surface area contributed by atoms with Crippen molar-refractivity contribution >= 4 is 35.8 Å². The van der Waals surface area contributed by atoms with Gasteiger partial charge in [-0.15, -0.1) is 0 Å². The Bertz CT molecular complexity index is 525. The topological polar surface area (TPSA) is 61.8 Å². The molecule has 1 aliphatic rings. The van der Waals surface area contributed by atoms with Gasteiger partial charge in [-0.3, -0.25) is 10.1 Å². The lowest BCUT2D eigenvalue weighted by Crippen LogP contribution is -2.24. The molecule has 6 heteroatoms. The van der Waals surface area contributed by atoms with Crippen molar-refractivity contribution in [1.29, 1.82) is 0 Å². The predicted octanol–water partition coefficient (Wildman–Crippen LogP) is 1.80. The molecule has 1 aromatic rings. The molecule has 0 spiro atoms. The van der Waals surface area contributed by atoms with Crippen molar-refractivity contribution in [2.24, 2.45) is 5.10 Å². The first-order chi connectivity index (χ1) is 8.65. The lowest BCUT2D eigenvalue weighted by atomic mass is 10.2. The van der Waals surface area contributed by atoms with Crippen LogP contribution in [0.1, 0.15) is 5.56 Å². The largest absolute Gasteiger partial charge is 0.344 e. The van der Waals surface area contributed by atoms with Crippen molar-refractivity contribution < 1.29 is 9.59 Å². The molecule has 1 aromatic carbocycles. The number of carbonyl (C=O) groups excluding carboxylic acids is 2. The van der Waals surface area contributed by atoms with E-state index in [1.54, 1.807) is 6.08 Å². The molecule has 1 N–H and O–H groups in total. The van der Waals surface area contributed by atoms with E-state index in [0.717, 1.165) is 10.6 Å². The van der Waals surface area contributed by atoms with Crippen LogP contribution in [0.5, 0.6) is 0 Å². The lowest BCUT2D eigenvalue weighted by molar-refractivity contribution is -0.118. The Morgan fingerprint density at radius 1 is 1.33 bits per heavy atom. The number of imide groups is 1. The maximum absolute atomic E-state index is 11.2. The van der Waals surface area contributed by atoms with Crippen LogP contribution in [-0.2, 0) is 4.79 Å². The Morgan fingerprint density at radius 3 is 2.67 bits per heavy atom. The molecule has 0 atom stereocenters. The number of urea groups is 1. The summed E-state index contributed by atoms with van der Waals surface area (Å²) in [5.41, 5.74) is 0.927. The van der Waals surface area contributed by atoms with Gasteiger partial charge in [0.05, 0.1) is 11.2 Å². The molecule has 5 nitrogen and oxygen atoms in total. The highest BCUT2D eigenvalue weighted by molar-refractivity contribution is 6.41. The molecule has 0 aromatic heterocycles. The van der Waals surface area contributed by atoms with Crippen LogP contribution in [0.3, 0.4) is 0 Å². The molecule has 0 aliphatic carbocycles. The molecule has 3 amide bonds. The number of benzene rings is 1. The Kier molecular flexibility index (Phi) is 3.74. The highest BCUT2D eigenvalue weighted by Crippen LogP contribution is 2.09. The van der Waals surface area contributed by atoms with Crippen LogP contribution in [0.25, 0.3) is 6.08 Å². The van der Waals surface area contributed by atoms with Crippen LogP contribution < -0.4 is 5.32 Å². The molecule has 1 fully saturated rings. The average molecular weight is 264 g/mol. The first-order valence-corrected chi connectivity index (χ1v) is 5.60. The maximum Gasteiger partial charge on any atom is 0.344 e. The monoisotopic (exact) mass is 263 g/mol. The van der Waals surface area contributed by atoms with Gasteiger partial charge >= 0.3 is 6.03 Å². The van der Waals surface area contributed by atoms with Crippen molar-refractivity contribution in [3.05, 3.63) is 40.9 Å². The minimum absolute atomic E-state index is 0.0785. The summed E-state index contributed by atoms with van der Waals surface area (Å²) in [4.78, 5) is 22.1. The van der Waals surface area contributed by atoms with Crippen LogP contribution in [0, 0.1) is 0 Å². The Balaban J connectivity index is 2.03. The third-order valence-corrected chi connectivity index (χ3v) is 2.41. The van der Waals surface area contributed by atoms with Gasteiger partial charge in [-0.25, -0.2) is 9.80 Å². The summed E-state index contributed by atoms with van der Waals surface area (Å²) in [6.45, 7) is -0.0785. The smallest absolute Gasteiger partial charge is 0.275 e. The number of hydrogen-bond donors (Lipinski definition) is 1. The second kappa shape index (κ2) is 5.46. The summed E-state index contributed by atoms with van der Waals surface area (Å²) < 4.78 is 0. The van der Waals surface area contributed by atoms with Crippen LogP contribution in [0.4, 0.5) is 4.79 Å². The SMILES string of the molecule is O=C1CN(/N=C\C(Cl)=C\c2ccccc2)C(=O)N1. The third-order valence-electron chi connectivity index (χ3n) is 2.20. The van der Waals surface area contributed by atoms with Gasteiger partial charge in [0.2, 0.25) is 5.91 Å². The number of carbonyl (C=O) groups is 2. The van der Waals surface area contributed by atoms with Gasteiger partial charge in [-0.2, -0.15) is 5.10 Å². The number of hydrazone groups is 1. The second-order valence-corrected chi connectivity index (χ2v) is 4.03. The number of allylic oxidation sites excluding steroid dienone is 1. The molecule has 0 unspecified atom stereocenters. The van der Waals surface area contributed by atoms with E-state index in [4.69, 9.17) is 11.6 Å². The van der Waals surface area contributed by atoms with Crippen molar-refractivity contribution in [3.63, 3.8) is 0 Å². The Hall–Kier alpha value is -2.14. The summed E-state index contributed by atoms with van der Waals surface area (Å²) in [5.74, 6) is -0.375. The molecular formula is C12H10ClN3O2. The Labute approximate surface area is 109 Å². The molecule has 92 valence electrons. The molecule has 0 radical (unpaired) electrons. The van der Waals surface area contributed by atoms with Crippen molar-refractivity contribution in [2.45, 2.75) is 0 Å². The van der Waals surface area contributed by atoms with Crippen molar-refractivity contribution in [2.75, 3.05) is 6.54 Å². The van der Waals surface area contributed by atoms with Gasteiger partial charge in [0.25, 0.3) is 0 Å². The number of nitrogens with one attached hydrogen (secondary N) is 1. The van der Waals surface area contributed by atoms with E-state index < -0.39 is 6.03 Å². The highest BCUT2D eigenvalue weighted by atomic mass is 35.5. The third kappa shape index (κ3) is 3.18. The van der Waals surface area contributed by atoms with Crippen LogP contribution in [0.2, 0.25) is 0 Å².